The van der Waals surface area contributed by atoms with Gasteiger partial charge in [0.2, 0.25) is 0 Å². The van der Waals surface area contributed by atoms with Crippen LogP contribution in [0.15, 0.2) is 0 Å². The van der Waals surface area contributed by atoms with Crippen molar-refractivity contribution < 1.29 is 9.53 Å². The highest BCUT2D eigenvalue weighted by atomic mass is 16.5. The summed E-state index contributed by atoms with van der Waals surface area (Å²) in [6, 6.07) is 0.279. The molecule has 1 unspecified atom stereocenters. The SMILES string of the molecule is CCOC(=O)c1nnn(C(C)CC)c1C1CC1. The molecule has 5 nitrogen and oxygen atoms in total. The first kappa shape index (κ1) is 12.1. The first-order chi connectivity index (χ1) is 8.19. The van der Waals surface area contributed by atoms with Gasteiger partial charge < -0.3 is 4.74 Å². The van der Waals surface area contributed by atoms with Crippen LogP contribution in [0.25, 0.3) is 0 Å². The van der Waals surface area contributed by atoms with E-state index in [2.05, 4.69) is 24.2 Å². The lowest BCUT2D eigenvalue weighted by molar-refractivity contribution is 0.0518. The van der Waals surface area contributed by atoms with Gasteiger partial charge in [-0.2, -0.15) is 0 Å². The second-order valence-corrected chi connectivity index (χ2v) is 4.52. The fraction of sp³-hybridized carbons (Fsp3) is 0.750. The third-order valence-corrected chi connectivity index (χ3v) is 3.17. The zero-order valence-electron chi connectivity index (χ0n) is 10.6. The van der Waals surface area contributed by atoms with E-state index in [9.17, 15) is 4.79 Å². The Hall–Kier alpha value is -1.39. The zero-order valence-corrected chi connectivity index (χ0v) is 10.6. The fourth-order valence-electron chi connectivity index (χ4n) is 1.88. The van der Waals surface area contributed by atoms with Crippen LogP contribution in [0, 0.1) is 0 Å². The van der Waals surface area contributed by atoms with Crippen LogP contribution >= 0.6 is 0 Å². The maximum absolute atomic E-state index is 11.8. The summed E-state index contributed by atoms with van der Waals surface area (Å²) in [6.45, 7) is 6.37. The second-order valence-electron chi connectivity index (χ2n) is 4.52. The number of rotatable bonds is 5. The third kappa shape index (κ3) is 2.33. The summed E-state index contributed by atoms with van der Waals surface area (Å²) < 4.78 is 6.91. The van der Waals surface area contributed by atoms with Gasteiger partial charge in [-0.25, -0.2) is 9.48 Å². The molecule has 1 fully saturated rings. The van der Waals surface area contributed by atoms with E-state index in [1.165, 1.54) is 0 Å². The molecule has 0 aliphatic heterocycles. The van der Waals surface area contributed by atoms with E-state index in [0.29, 0.717) is 18.2 Å². The van der Waals surface area contributed by atoms with Gasteiger partial charge in [0.1, 0.15) is 0 Å². The minimum absolute atomic E-state index is 0.279. The van der Waals surface area contributed by atoms with Crippen molar-refractivity contribution in [1.82, 2.24) is 15.0 Å². The van der Waals surface area contributed by atoms with E-state index in [4.69, 9.17) is 4.74 Å². The molecule has 2 rings (SSSR count). The summed E-state index contributed by atoms with van der Waals surface area (Å²) in [4.78, 5) is 11.8. The Morgan fingerprint density at radius 3 is 2.76 bits per heavy atom. The van der Waals surface area contributed by atoms with Gasteiger partial charge in [0.15, 0.2) is 5.69 Å². The molecule has 94 valence electrons. The van der Waals surface area contributed by atoms with Crippen LogP contribution in [0.1, 0.15) is 68.2 Å². The standard InChI is InChI=1S/C12H19N3O2/c1-4-8(3)15-11(9-6-7-9)10(13-14-15)12(16)17-5-2/h8-9H,4-7H2,1-3H3. The molecule has 0 aromatic carbocycles. The number of hydrogen-bond donors (Lipinski definition) is 0. The predicted octanol–water partition coefficient (Wildman–Crippen LogP) is 2.30. The van der Waals surface area contributed by atoms with Gasteiger partial charge in [0.05, 0.1) is 18.3 Å². The smallest absolute Gasteiger partial charge is 0.360 e. The summed E-state index contributed by atoms with van der Waals surface area (Å²) in [7, 11) is 0. The van der Waals surface area contributed by atoms with Crippen LogP contribution in [0.5, 0.6) is 0 Å². The predicted molar refractivity (Wildman–Crippen MR) is 63.0 cm³/mol. The van der Waals surface area contributed by atoms with Crippen LogP contribution in [0.4, 0.5) is 0 Å². The molecule has 17 heavy (non-hydrogen) atoms. The van der Waals surface area contributed by atoms with Gasteiger partial charge in [-0.15, -0.1) is 5.10 Å². The van der Waals surface area contributed by atoms with Crippen LogP contribution in [0.2, 0.25) is 0 Å². The van der Waals surface area contributed by atoms with Crippen LogP contribution in [0.3, 0.4) is 0 Å². The van der Waals surface area contributed by atoms with Crippen molar-refractivity contribution in [2.75, 3.05) is 6.61 Å². The van der Waals surface area contributed by atoms with Crippen LogP contribution in [-0.4, -0.2) is 27.6 Å². The molecular weight excluding hydrogens is 218 g/mol. The molecule has 0 amide bonds. The lowest BCUT2D eigenvalue weighted by Crippen LogP contribution is -2.12. The Morgan fingerprint density at radius 1 is 1.53 bits per heavy atom. The van der Waals surface area contributed by atoms with Gasteiger partial charge in [-0.1, -0.05) is 12.1 Å². The van der Waals surface area contributed by atoms with E-state index in [-0.39, 0.29) is 12.0 Å². The number of aromatic nitrogens is 3. The highest BCUT2D eigenvalue weighted by molar-refractivity contribution is 5.88. The number of carbonyl (C=O) groups is 1. The number of hydrogen-bond acceptors (Lipinski definition) is 4. The summed E-state index contributed by atoms with van der Waals surface area (Å²) >= 11 is 0. The van der Waals surface area contributed by atoms with E-state index in [1.54, 1.807) is 6.92 Å². The van der Waals surface area contributed by atoms with Gasteiger partial charge >= 0.3 is 5.97 Å². The molecule has 1 aromatic rings. The third-order valence-electron chi connectivity index (χ3n) is 3.17. The van der Waals surface area contributed by atoms with Crippen molar-refractivity contribution in [2.24, 2.45) is 0 Å². The Labute approximate surface area is 101 Å². The number of esters is 1. The molecule has 1 aliphatic rings. The van der Waals surface area contributed by atoms with Crippen molar-refractivity contribution in [3.8, 4) is 0 Å². The highest BCUT2D eigenvalue weighted by Crippen LogP contribution is 2.42. The average Bonchev–Trinajstić information content (AvgIpc) is 3.07. The fourth-order valence-corrected chi connectivity index (χ4v) is 1.88. The van der Waals surface area contributed by atoms with Gasteiger partial charge in [0.25, 0.3) is 0 Å². The molecule has 1 heterocycles. The quantitative estimate of drug-likeness (QED) is 0.737. The molecule has 0 N–H and O–H groups in total. The van der Waals surface area contributed by atoms with E-state index in [1.807, 2.05) is 4.68 Å². The topological polar surface area (TPSA) is 57.0 Å². The van der Waals surface area contributed by atoms with Crippen LogP contribution < -0.4 is 0 Å². The molecule has 0 radical (unpaired) electrons. The number of ether oxygens (including phenoxy) is 1. The first-order valence-electron chi connectivity index (χ1n) is 6.31. The van der Waals surface area contributed by atoms with Gasteiger partial charge in [-0.05, 0) is 33.1 Å². The second kappa shape index (κ2) is 4.85. The summed E-state index contributed by atoms with van der Waals surface area (Å²) in [5, 5.41) is 8.12. The Morgan fingerprint density at radius 2 is 2.24 bits per heavy atom. The van der Waals surface area contributed by atoms with E-state index < -0.39 is 0 Å². The lowest BCUT2D eigenvalue weighted by atomic mass is 10.2. The molecule has 0 saturated heterocycles. The van der Waals surface area contributed by atoms with Gasteiger partial charge in [0, 0.05) is 5.92 Å². The molecule has 0 spiro atoms. The molecule has 1 saturated carbocycles. The molecular formula is C12H19N3O2. The number of carbonyl (C=O) groups excluding carboxylic acids is 1. The van der Waals surface area contributed by atoms with Crippen LogP contribution in [-0.2, 0) is 4.74 Å². The maximum atomic E-state index is 11.8. The van der Waals surface area contributed by atoms with Crippen molar-refractivity contribution in [3.05, 3.63) is 11.4 Å². The summed E-state index contributed by atoms with van der Waals surface area (Å²) in [5.41, 5.74) is 1.38. The number of nitrogens with zero attached hydrogens (tertiary/aromatic N) is 3. The minimum atomic E-state index is -0.344. The molecule has 0 bridgehead atoms. The largest absolute Gasteiger partial charge is 0.461 e. The average molecular weight is 237 g/mol. The van der Waals surface area contributed by atoms with Crippen molar-refractivity contribution >= 4 is 5.97 Å². The Bertz CT molecular complexity index is 410. The Kier molecular flexibility index (Phi) is 3.45. The van der Waals surface area contributed by atoms with E-state index in [0.717, 1.165) is 25.0 Å². The van der Waals surface area contributed by atoms with E-state index >= 15 is 0 Å². The molecule has 1 aliphatic carbocycles. The zero-order chi connectivity index (χ0) is 12.4. The monoisotopic (exact) mass is 237 g/mol. The molecule has 1 atom stereocenters. The van der Waals surface area contributed by atoms with Crippen molar-refractivity contribution in [1.29, 1.82) is 0 Å². The molecule has 1 aromatic heterocycles. The first-order valence-corrected chi connectivity index (χ1v) is 6.31. The summed E-state index contributed by atoms with van der Waals surface area (Å²) in [6.07, 6.45) is 3.22. The van der Waals surface area contributed by atoms with Gasteiger partial charge in [-0.3, -0.25) is 0 Å². The summed E-state index contributed by atoms with van der Waals surface area (Å²) in [5.74, 6) is 0.0994. The normalized spacial score (nSPS) is 16.9. The van der Waals surface area contributed by atoms with Crippen molar-refractivity contribution in [2.45, 2.75) is 52.0 Å². The minimum Gasteiger partial charge on any atom is -0.461 e. The molecule has 5 heteroatoms. The Balaban J connectivity index is 2.33. The highest BCUT2D eigenvalue weighted by Gasteiger charge is 2.35. The lowest BCUT2D eigenvalue weighted by Gasteiger charge is -2.12. The maximum Gasteiger partial charge on any atom is 0.360 e. The van der Waals surface area contributed by atoms with Crippen molar-refractivity contribution in [3.63, 3.8) is 0 Å².